The number of hydrogen-bond donors (Lipinski definition) is 3. The molecule has 0 radical (unpaired) electrons. The number of rotatable bonds is 8. The van der Waals surface area contributed by atoms with Gasteiger partial charge in [0, 0.05) is 24.8 Å². The number of ether oxygens (including phenoxy) is 3. The number of carbonyl (C=O) groups excluding carboxylic acids is 2. The van der Waals surface area contributed by atoms with Gasteiger partial charge in [0.2, 0.25) is 5.88 Å². The molecule has 36 heavy (non-hydrogen) atoms. The maximum Gasteiger partial charge on any atom is 0.414 e. The first kappa shape index (κ1) is 23.5. The molecule has 188 valence electrons. The molecule has 3 aromatic rings. The first-order valence-corrected chi connectivity index (χ1v) is 11.3. The third-order valence-electron chi connectivity index (χ3n) is 5.80. The first-order chi connectivity index (χ1) is 17.4. The smallest absolute Gasteiger partial charge is 0.414 e. The van der Waals surface area contributed by atoms with Crippen LogP contribution >= 0.6 is 0 Å². The van der Waals surface area contributed by atoms with E-state index in [9.17, 15) is 19.5 Å². The van der Waals surface area contributed by atoms with Gasteiger partial charge in [-0.15, -0.1) is 0 Å². The average molecular weight is 496 g/mol. The number of carbonyl (C=O) groups is 2. The lowest BCUT2D eigenvalue weighted by Gasteiger charge is -2.20. The molecule has 4 heterocycles. The van der Waals surface area contributed by atoms with E-state index in [0.717, 1.165) is 0 Å². The Balaban J connectivity index is 1.17. The van der Waals surface area contributed by atoms with Gasteiger partial charge in [-0.1, -0.05) is 0 Å². The summed E-state index contributed by atoms with van der Waals surface area (Å²) in [5.41, 5.74) is 1.48. The summed E-state index contributed by atoms with van der Waals surface area (Å²) >= 11 is 0. The molecule has 0 aliphatic carbocycles. The number of hydrogen-bond acceptors (Lipinski definition) is 10. The van der Waals surface area contributed by atoms with Crippen molar-refractivity contribution in [1.82, 2.24) is 19.9 Å². The van der Waals surface area contributed by atoms with Gasteiger partial charge in [0.05, 0.1) is 38.2 Å². The molecule has 0 saturated carbocycles. The van der Waals surface area contributed by atoms with Crippen LogP contribution in [0.15, 0.2) is 41.3 Å². The third kappa shape index (κ3) is 4.78. The summed E-state index contributed by atoms with van der Waals surface area (Å²) in [6.45, 7) is 0.672. The van der Waals surface area contributed by atoms with Crippen molar-refractivity contribution >= 4 is 34.5 Å². The van der Waals surface area contributed by atoms with E-state index in [-0.39, 0.29) is 32.1 Å². The molecule has 13 heteroatoms. The molecule has 2 aliphatic rings. The summed E-state index contributed by atoms with van der Waals surface area (Å²) in [7, 11) is 1.47. The van der Waals surface area contributed by atoms with E-state index in [0.29, 0.717) is 40.7 Å². The van der Waals surface area contributed by atoms with Crippen molar-refractivity contribution < 1.29 is 28.9 Å². The minimum atomic E-state index is -0.918. The standard InChI is InChI=1S/C23H24N6O7/c1-34-20-5-3-16-22(27-20)29(21(32)9-25-16)10-14(30)7-24-8-15-11-28(23(33)36-15)13-2-4-18-17(6-13)26-19(31)12-35-18/h2-6,9,14-15,24,30H,7-8,10-12H2,1H3,(H,26,31). The zero-order chi connectivity index (χ0) is 25.2. The van der Waals surface area contributed by atoms with Crippen molar-refractivity contribution in [3.8, 4) is 11.6 Å². The van der Waals surface area contributed by atoms with Gasteiger partial charge in [-0.2, -0.15) is 4.98 Å². The van der Waals surface area contributed by atoms with Crippen LogP contribution in [0.4, 0.5) is 16.2 Å². The molecule has 1 fully saturated rings. The highest BCUT2D eigenvalue weighted by molar-refractivity contribution is 5.97. The molecule has 13 nitrogen and oxygen atoms in total. The molecule has 0 bridgehead atoms. The largest absolute Gasteiger partial charge is 0.482 e. The van der Waals surface area contributed by atoms with Gasteiger partial charge >= 0.3 is 6.09 Å². The molecule has 5 rings (SSSR count). The molecular weight excluding hydrogens is 472 g/mol. The van der Waals surface area contributed by atoms with Crippen molar-refractivity contribution in [3.63, 3.8) is 0 Å². The summed E-state index contributed by atoms with van der Waals surface area (Å²) in [5, 5.41) is 16.3. The second-order valence-corrected chi connectivity index (χ2v) is 8.35. The zero-order valence-electron chi connectivity index (χ0n) is 19.3. The first-order valence-electron chi connectivity index (χ1n) is 11.3. The quantitative estimate of drug-likeness (QED) is 0.391. The van der Waals surface area contributed by atoms with Crippen molar-refractivity contribution in [1.29, 1.82) is 0 Å². The Hall–Kier alpha value is -4.23. The summed E-state index contributed by atoms with van der Waals surface area (Å²) in [5.74, 6) is 0.603. The van der Waals surface area contributed by atoms with E-state index >= 15 is 0 Å². The highest BCUT2D eigenvalue weighted by atomic mass is 16.6. The molecule has 2 atom stereocenters. The number of pyridine rings is 1. The average Bonchev–Trinajstić information content (AvgIpc) is 3.25. The number of cyclic esters (lactones) is 1. The molecule has 0 spiro atoms. The van der Waals surface area contributed by atoms with Crippen LogP contribution in [0.1, 0.15) is 0 Å². The van der Waals surface area contributed by atoms with Crippen LogP contribution in [0.5, 0.6) is 11.6 Å². The number of nitrogens with zero attached hydrogens (tertiary/aromatic N) is 4. The van der Waals surface area contributed by atoms with Gasteiger partial charge in [0.25, 0.3) is 11.5 Å². The predicted octanol–water partition coefficient (Wildman–Crippen LogP) is 0.107. The van der Waals surface area contributed by atoms with Crippen LogP contribution < -0.4 is 30.6 Å². The highest BCUT2D eigenvalue weighted by Crippen LogP contribution is 2.33. The van der Waals surface area contributed by atoms with Gasteiger partial charge in [-0.3, -0.25) is 19.1 Å². The number of amides is 2. The number of aliphatic hydroxyl groups is 1. The van der Waals surface area contributed by atoms with E-state index < -0.39 is 23.9 Å². The second kappa shape index (κ2) is 9.79. The Morgan fingerprint density at radius 1 is 1.28 bits per heavy atom. The zero-order valence-corrected chi connectivity index (χ0v) is 19.3. The molecule has 2 unspecified atom stereocenters. The number of aromatic nitrogens is 3. The maximum atomic E-state index is 12.4. The van der Waals surface area contributed by atoms with Crippen LogP contribution in [0.25, 0.3) is 11.2 Å². The SMILES string of the molecule is COc1ccc2ncc(=O)n(CC(O)CNCC3CN(c4ccc5c(c4)NC(=O)CO5)C(=O)O3)c2n1. The van der Waals surface area contributed by atoms with Gasteiger partial charge < -0.3 is 30.0 Å². The van der Waals surface area contributed by atoms with Crippen molar-refractivity contribution in [2.24, 2.45) is 0 Å². The fourth-order valence-electron chi connectivity index (χ4n) is 4.08. The Labute approximate surface area is 204 Å². The minimum Gasteiger partial charge on any atom is -0.482 e. The molecule has 2 aliphatic heterocycles. The molecule has 3 N–H and O–H groups in total. The van der Waals surface area contributed by atoms with Crippen LogP contribution in [-0.4, -0.2) is 77.2 Å². The summed E-state index contributed by atoms with van der Waals surface area (Å²) in [6.07, 6.45) is -0.706. The summed E-state index contributed by atoms with van der Waals surface area (Å²) in [6, 6.07) is 8.40. The number of methoxy groups -OCH3 is 1. The monoisotopic (exact) mass is 496 g/mol. The fourth-order valence-corrected chi connectivity index (χ4v) is 4.08. The van der Waals surface area contributed by atoms with Gasteiger partial charge in [0.1, 0.15) is 17.4 Å². The number of nitrogens with one attached hydrogen (secondary N) is 2. The number of fused-ring (bicyclic) bond motifs is 2. The third-order valence-corrected chi connectivity index (χ3v) is 5.80. The summed E-state index contributed by atoms with van der Waals surface area (Å²) < 4.78 is 17.2. The predicted molar refractivity (Wildman–Crippen MR) is 127 cm³/mol. The lowest BCUT2D eigenvalue weighted by atomic mass is 10.2. The number of benzene rings is 1. The van der Waals surface area contributed by atoms with E-state index in [1.807, 2.05) is 0 Å². The van der Waals surface area contributed by atoms with Crippen molar-refractivity contribution in [2.75, 3.05) is 43.6 Å². The van der Waals surface area contributed by atoms with Gasteiger partial charge in [-0.05, 0) is 24.3 Å². The van der Waals surface area contributed by atoms with E-state index in [1.54, 1.807) is 30.3 Å². The Bertz CT molecular complexity index is 1380. The summed E-state index contributed by atoms with van der Waals surface area (Å²) in [4.78, 5) is 46.2. The Kier molecular flexibility index (Phi) is 6.40. The molecule has 1 aromatic carbocycles. The Morgan fingerprint density at radius 3 is 2.97 bits per heavy atom. The molecule has 2 aromatic heterocycles. The van der Waals surface area contributed by atoms with E-state index in [1.165, 1.54) is 22.8 Å². The topological polar surface area (TPSA) is 157 Å². The molecule has 2 amide bonds. The maximum absolute atomic E-state index is 12.4. The van der Waals surface area contributed by atoms with Gasteiger partial charge in [-0.25, -0.2) is 9.78 Å². The van der Waals surface area contributed by atoms with Crippen LogP contribution in [0, 0.1) is 0 Å². The van der Waals surface area contributed by atoms with E-state index in [2.05, 4.69) is 20.6 Å². The normalized spacial score (nSPS) is 17.8. The lowest BCUT2D eigenvalue weighted by Crippen LogP contribution is -2.38. The molecule has 1 saturated heterocycles. The van der Waals surface area contributed by atoms with E-state index in [4.69, 9.17) is 14.2 Å². The van der Waals surface area contributed by atoms with Gasteiger partial charge in [0.15, 0.2) is 12.3 Å². The van der Waals surface area contributed by atoms with Crippen LogP contribution in [0.2, 0.25) is 0 Å². The second-order valence-electron chi connectivity index (χ2n) is 8.35. The number of aliphatic hydroxyl groups excluding tert-OH is 1. The van der Waals surface area contributed by atoms with Crippen LogP contribution in [0.3, 0.4) is 0 Å². The number of anilines is 2. The Morgan fingerprint density at radius 2 is 2.14 bits per heavy atom. The minimum absolute atomic E-state index is 0.00941. The fraction of sp³-hybridized carbons (Fsp3) is 0.348. The van der Waals surface area contributed by atoms with Crippen molar-refractivity contribution in [2.45, 2.75) is 18.8 Å². The van der Waals surface area contributed by atoms with Crippen LogP contribution in [-0.2, 0) is 16.1 Å². The van der Waals surface area contributed by atoms with Crippen molar-refractivity contribution in [3.05, 3.63) is 46.9 Å². The highest BCUT2D eigenvalue weighted by Gasteiger charge is 2.33. The molecular formula is C23H24N6O7. The lowest BCUT2D eigenvalue weighted by molar-refractivity contribution is -0.118.